The van der Waals surface area contributed by atoms with Crippen LogP contribution >= 0.6 is 22.9 Å². The molecule has 0 radical (unpaired) electrons. The maximum atomic E-state index is 6.23. The van der Waals surface area contributed by atoms with Crippen LogP contribution in [-0.4, -0.2) is 41.0 Å². The van der Waals surface area contributed by atoms with Gasteiger partial charge in [-0.25, -0.2) is 9.97 Å². The number of fused-ring (bicyclic) bond motifs is 1. The molecular formula is C14H21ClN4S. The zero-order valence-electron chi connectivity index (χ0n) is 12.2. The predicted octanol–water partition coefficient (Wildman–Crippen LogP) is 3.66. The van der Waals surface area contributed by atoms with Crippen molar-refractivity contribution < 1.29 is 0 Å². The number of rotatable bonds is 7. The molecule has 0 spiro atoms. The molecule has 2 aromatic rings. The smallest absolute Gasteiger partial charge is 0.225 e. The van der Waals surface area contributed by atoms with Crippen molar-refractivity contribution in [1.82, 2.24) is 14.9 Å². The Morgan fingerprint density at radius 2 is 2.00 bits per heavy atom. The van der Waals surface area contributed by atoms with E-state index in [-0.39, 0.29) is 0 Å². The van der Waals surface area contributed by atoms with Crippen molar-refractivity contribution in [3.63, 3.8) is 0 Å². The van der Waals surface area contributed by atoms with Gasteiger partial charge in [0.25, 0.3) is 0 Å². The second kappa shape index (κ2) is 7.20. The van der Waals surface area contributed by atoms with Gasteiger partial charge in [0.1, 0.15) is 9.98 Å². The van der Waals surface area contributed by atoms with Crippen LogP contribution in [0.15, 0.2) is 6.07 Å². The number of aromatic nitrogens is 2. The molecule has 0 saturated carbocycles. The first-order valence-corrected chi connectivity index (χ1v) is 8.29. The minimum atomic E-state index is 0.538. The summed E-state index contributed by atoms with van der Waals surface area (Å²) in [6.45, 7) is 10.4. The average Bonchev–Trinajstić information content (AvgIpc) is 2.87. The number of hydrogen-bond acceptors (Lipinski definition) is 5. The van der Waals surface area contributed by atoms with Crippen LogP contribution in [0.3, 0.4) is 0 Å². The van der Waals surface area contributed by atoms with Crippen LogP contribution in [0.1, 0.15) is 25.6 Å². The van der Waals surface area contributed by atoms with Gasteiger partial charge in [-0.05, 0) is 25.6 Å². The fourth-order valence-electron chi connectivity index (χ4n) is 2.06. The first-order valence-electron chi connectivity index (χ1n) is 7.10. The average molecular weight is 313 g/mol. The third kappa shape index (κ3) is 3.59. The van der Waals surface area contributed by atoms with Gasteiger partial charge in [-0.2, -0.15) is 0 Å². The highest BCUT2D eigenvalue weighted by Crippen LogP contribution is 2.29. The van der Waals surface area contributed by atoms with Crippen LogP contribution in [0.2, 0.25) is 5.15 Å². The molecule has 110 valence electrons. The number of nitrogens with one attached hydrogen (secondary N) is 1. The summed E-state index contributed by atoms with van der Waals surface area (Å²) in [5, 5.41) is 4.76. The maximum absolute atomic E-state index is 6.23. The van der Waals surface area contributed by atoms with Gasteiger partial charge in [0.15, 0.2) is 0 Å². The molecule has 2 aromatic heterocycles. The van der Waals surface area contributed by atoms with Crippen molar-refractivity contribution in [1.29, 1.82) is 0 Å². The van der Waals surface area contributed by atoms with Gasteiger partial charge < -0.3 is 10.2 Å². The first-order chi connectivity index (χ1) is 9.67. The van der Waals surface area contributed by atoms with E-state index in [0.717, 1.165) is 42.8 Å². The van der Waals surface area contributed by atoms with E-state index in [0.29, 0.717) is 11.1 Å². The molecule has 6 heteroatoms. The molecule has 4 nitrogen and oxygen atoms in total. The molecule has 0 bridgehead atoms. The molecule has 0 unspecified atom stereocenters. The summed E-state index contributed by atoms with van der Waals surface area (Å²) in [6, 6.07) is 2.09. The number of likely N-dealkylation sites (N-methyl/N-ethyl adjacent to an activating group) is 1. The predicted molar refractivity (Wildman–Crippen MR) is 88.1 cm³/mol. The van der Waals surface area contributed by atoms with E-state index in [4.69, 9.17) is 11.6 Å². The topological polar surface area (TPSA) is 41.1 Å². The third-order valence-electron chi connectivity index (χ3n) is 3.35. The molecule has 2 heterocycles. The van der Waals surface area contributed by atoms with E-state index in [1.807, 2.05) is 0 Å². The van der Waals surface area contributed by atoms with Crippen molar-refractivity contribution >= 4 is 39.1 Å². The van der Waals surface area contributed by atoms with Crippen molar-refractivity contribution in [3.05, 3.63) is 16.1 Å². The van der Waals surface area contributed by atoms with Gasteiger partial charge in [0.2, 0.25) is 5.95 Å². The molecule has 0 fully saturated rings. The van der Waals surface area contributed by atoms with Gasteiger partial charge >= 0.3 is 0 Å². The summed E-state index contributed by atoms with van der Waals surface area (Å²) in [6.07, 6.45) is 1.00. The minimum absolute atomic E-state index is 0.538. The number of halogens is 1. The van der Waals surface area contributed by atoms with E-state index >= 15 is 0 Å². The third-order valence-corrected chi connectivity index (χ3v) is 4.81. The molecule has 20 heavy (non-hydrogen) atoms. The van der Waals surface area contributed by atoms with Crippen LogP contribution in [0.4, 0.5) is 5.95 Å². The highest BCUT2D eigenvalue weighted by molar-refractivity contribution is 7.18. The molecule has 1 N–H and O–H groups in total. The summed E-state index contributed by atoms with van der Waals surface area (Å²) in [7, 11) is 0. The van der Waals surface area contributed by atoms with Crippen LogP contribution in [-0.2, 0) is 6.42 Å². The van der Waals surface area contributed by atoms with Gasteiger partial charge in [-0.3, -0.25) is 0 Å². The van der Waals surface area contributed by atoms with Crippen LogP contribution in [0.5, 0.6) is 0 Å². The van der Waals surface area contributed by atoms with Crippen molar-refractivity contribution in [2.24, 2.45) is 0 Å². The second-order valence-corrected chi connectivity index (χ2v) is 6.05. The minimum Gasteiger partial charge on any atom is -0.353 e. The summed E-state index contributed by atoms with van der Waals surface area (Å²) in [4.78, 5) is 13.5. The molecule has 0 aromatic carbocycles. The molecule has 0 atom stereocenters. The Balaban J connectivity index is 2.07. The monoisotopic (exact) mass is 312 g/mol. The highest BCUT2D eigenvalue weighted by atomic mass is 35.5. The zero-order valence-corrected chi connectivity index (χ0v) is 13.8. The molecule has 2 rings (SSSR count). The Morgan fingerprint density at radius 1 is 1.25 bits per heavy atom. The summed E-state index contributed by atoms with van der Waals surface area (Å²) < 4.78 is 0. The van der Waals surface area contributed by atoms with E-state index in [2.05, 4.69) is 47.0 Å². The first kappa shape index (κ1) is 15.5. The Bertz CT molecular complexity index is 566. The maximum Gasteiger partial charge on any atom is 0.225 e. The molecule has 0 aliphatic rings. The number of hydrogen-bond donors (Lipinski definition) is 1. The molecule has 0 aliphatic carbocycles. The van der Waals surface area contributed by atoms with Crippen LogP contribution in [0.25, 0.3) is 10.2 Å². The van der Waals surface area contributed by atoms with Gasteiger partial charge in [0, 0.05) is 23.4 Å². The highest BCUT2D eigenvalue weighted by Gasteiger charge is 2.09. The van der Waals surface area contributed by atoms with E-state index < -0.39 is 0 Å². The Labute approximate surface area is 129 Å². The Morgan fingerprint density at radius 3 is 2.65 bits per heavy atom. The van der Waals surface area contributed by atoms with Crippen LogP contribution < -0.4 is 5.32 Å². The van der Waals surface area contributed by atoms with Crippen molar-refractivity contribution in [2.45, 2.75) is 27.2 Å². The van der Waals surface area contributed by atoms with Crippen LogP contribution in [0, 0.1) is 0 Å². The Kier molecular flexibility index (Phi) is 5.57. The summed E-state index contributed by atoms with van der Waals surface area (Å²) in [5.74, 6) is 0.624. The largest absolute Gasteiger partial charge is 0.353 e. The van der Waals surface area contributed by atoms with Gasteiger partial charge in [-0.1, -0.05) is 32.4 Å². The summed E-state index contributed by atoms with van der Waals surface area (Å²) >= 11 is 7.92. The number of nitrogens with zero attached hydrogens (tertiary/aromatic N) is 3. The van der Waals surface area contributed by atoms with E-state index in [1.165, 1.54) is 4.88 Å². The molecule has 0 aliphatic heterocycles. The standard InChI is InChI=1S/C14H21ClN4S/c1-4-10-9-11-12(15)17-14(18-13(11)20-10)16-7-8-19(5-2)6-3/h9H,4-8H2,1-3H3,(H,16,17,18). The lowest BCUT2D eigenvalue weighted by atomic mass is 10.3. The van der Waals surface area contributed by atoms with E-state index in [1.54, 1.807) is 11.3 Å². The molecular weight excluding hydrogens is 292 g/mol. The number of thiophene rings is 1. The van der Waals surface area contributed by atoms with Gasteiger partial charge in [-0.15, -0.1) is 11.3 Å². The fraction of sp³-hybridized carbons (Fsp3) is 0.571. The van der Waals surface area contributed by atoms with Crippen molar-refractivity contribution in [2.75, 3.05) is 31.5 Å². The normalized spacial score (nSPS) is 11.4. The lowest BCUT2D eigenvalue weighted by Crippen LogP contribution is -2.28. The van der Waals surface area contributed by atoms with Gasteiger partial charge in [0.05, 0.1) is 0 Å². The lowest BCUT2D eigenvalue weighted by Gasteiger charge is -2.17. The lowest BCUT2D eigenvalue weighted by molar-refractivity contribution is 0.316. The quantitative estimate of drug-likeness (QED) is 0.792. The zero-order chi connectivity index (χ0) is 14.5. The summed E-state index contributed by atoms with van der Waals surface area (Å²) in [5.41, 5.74) is 0. The second-order valence-electron chi connectivity index (χ2n) is 4.58. The molecule has 0 amide bonds. The fourth-order valence-corrected chi connectivity index (χ4v) is 3.30. The van der Waals surface area contributed by atoms with Crippen molar-refractivity contribution in [3.8, 4) is 0 Å². The molecule has 0 saturated heterocycles. The number of aryl methyl sites for hydroxylation is 1. The SMILES string of the molecule is CCc1cc2c(Cl)nc(NCCN(CC)CC)nc2s1. The van der Waals surface area contributed by atoms with E-state index in [9.17, 15) is 0 Å². The number of anilines is 1. The Hall–Kier alpha value is -0.910.